The number of ether oxygens (including phenoxy) is 1. The minimum Gasteiger partial charge on any atom is -0.496 e. The summed E-state index contributed by atoms with van der Waals surface area (Å²) in [5, 5.41) is 5.61. The molecule has 0 unspecified atom stereocenters. The van der Waals surface area contributed by atoms with Crippen LogP contribution in [0, 0.1) is 0 Å². The Kier molecular flexibility index (Phi) is 6.13. The number of hydrogen-bond donors (Lipinski definition) is 1. The third-order valence-corrected chi connectivity index (χ3v) is 6.53. The molecular formula is C23H19N3O4S2. The molecule has 0 radical (unpaired) electrons. The number of amides is 1. The van der Waals surface area contributed by atoms with E-state index in [0.29, 0.717) is 27.2 Å². The van der Waals surface area contributed by atoms with Crippen molar-refractivity contribution in [3.63, 3.8) is 0 Å². The van der Waals surface area contributed by atoms with E-state index in [-0.39, 0.29) is 10.8 Å². The first-order valence-corrected chi connectivity index (χ1v) is 11.9. The van der Waals surface area contributed by atoms with Crippen LogP contribution in [0.5, 0.6) is 5.75 Å². The number of anilines is 1. The summed E-state index contributed by atoms with van der Waals surface area (Å²) < 4.78 is 28.4. The van der Waals surface area contributed by atoms with E-state index in [2.05, 4.69) is 4.99 Å². The molecule has 4 rings (SSSR count). The van der Waals surface area contributed by atoms with E-state index in [9.17, 15) is 13.2 Å². The zero-order chi connectivity index (χ0) is 22.7. The minimum absolute atomic E-state index is 0.00623. The summed E-state index contributed by atoms with van der Waals surface area (Å²) in [6.45, 7) is 0. The zero-order valence-electron chi connectivity index (χ0n) is 17.0. The Labute approximate surface area is 190 Å². The molecule has 1 aliphatic heterocycles. The molecule has 9 heteroatoms. The van der Waals surface area contributed by atoms with E-state index in [1.54, 1.807) is 25.3 Å². The molecule has 1 fully saturated rings. The maximum atomic E-state index is 13.3. The van der Waals surface area contributed by atoms with E-state index in [1.807, 2.05) is 54.6 Å². The number of nitrogens with zero attached hydrogens (tertiary/aromatic N) is 2. The van der Waals surface area contributed by atoms with Crippen LogP contribution in [0.1, 0.15) is 5.56 Å². The summed E-state index contributed by atoms with van der Waals surface area (Å²) in [7, 11) is -2.22. The van der Waals surface area contributed by atoms with Crippen molar-refractivity contribution in [1.29, 1.82) is 0 Å². The van der Waals surface area contributed by atoms with Gasteiger partial charge in [0.1, 0.15) is 5.75 Å². The second-order valence-corrected chi connectivity index (χ2v) is 9.33. The smallest absolute Gasteiger partial charge is 0.271 e. The fourth-order valence-corrected chi connectivity index (χ4v) is 4.61. The van der Waals surface area contributed by atoms with Crippen LogP contribution in [0.3, 0.4) is 0 Å². The molecule has 0 aliphatic carbocycles. The quantitative estimate of drug-likeness (QED) is 0.570. The average Bonchev–Trinajstić information content (AvgIpc) is 3.09. The van der Waals surface area contributed by atoms with Crippen molar-refractivity contribution in [2.75, 3.05) is 12.0 Å². The van der Waals surface area contributed by atoms with E-state index >= 15 is 0 Å². The molecule has 0 bridgehead atoms. The largest absolute Gasteiger partial charge is 0.496 e. The summed E-state index contributed by atoms with van der Waals surface area (Å²) in [4.78, 5) is 19.9. The molecule has 0 saturated carbocycles. The molecular weight excluding hydrogens is 446 g/mol. The Morgan fingerprint density at radius 2 is 1.62 bits per heavy atom. The number of nitrogens with two attached hydrogens (primary N) is 1. The van der Waals surface area contributed by atoms with Crippen LogP contribution >= 0.6 is 11.8 Å². The van der Waals surface area contributed by atoms with Gasteiger partial charge < -0.3 is 4.74 Å². The van der Waals surface area contributed by atoms with Gasteiger partial charge >= 0.3 is 0 Å². The molecule has 0 atom stereocenters. The summed E-state index contributed by atoms with van der Waals surface area (Å²) in [5.41, 5.74) is 1.94. The monoisotopic (exact) mass is 465 g/mol. The van der Waals surface area contributed by atoms with Gasteiger partial charge in [-0.15, -0.1) is 0 Å². The molecule has 1 saturated heterocycles. The maximum Gasteiger partial charge on any atom is 0.271 e. The molecule has 162 valence electrons. The Bertz CT molecular complexity index is 1320. The first kappa shape index (κ1) is 21.8. The molecule has 3 aromatic carbocycles. The van der Waals surface area contributed by atoms with E-state index in [4.69, 9.17) is 9.88 Å². The van der Waals surface area contributed by atoms with Crippen LogP contribution in [0.2, 0.25) is 0 Å². The van der Waals surface area contributed by atoms with E-state index in [1.165, 1.54) is 28.8 Å². The number of carbonyl (C=O) groups excluding carboxylic acids is 1. The van der Waals surface area contributed by atoms with Crippen LogP contribution in [-0.4, -0.2) is 26.6 Å². The van der Waals surface area contributed by atoms with Crippen LogP contribution in [0.15, 0.2) is 93.7 Å². The van der Waals surface area contributed by atoms with Crippen molar-refractivity contribution in [2.45, 2.75) is 4.90 Å². The lowest BCUT2D eigenvalue weighted by Crippen LogP contribution is -2.28. The molecule has 1 aliphatic rings. The van der Waals surface area contributed by atoms with Gasteiger partial charge in [-0.3, -0.25) is 9.69 Å². The fourth-order valence-electron chi connectivity index (χ4n) is 3.10. The van der Waals surface area contributed by atoms with Crippen molar-refractivity contribution in [1.82, 2.24) is 0 Å². The molecule has 1 heterocycles. The summed E-state index contributed by atoms with van der Waals surface area (Å²) in [6, 6.07) is 22.5. The van der Waals surface area contributed by atoms with Gasteiger partial charge in [-0.2, -0.15) is 0 Å². The first-order valence-electron chi connectivity index (χ1n) is 9.50. The summed E-state index contributed by atoms with van der Waals surface area (Å²) in [5.74, 6) is 0.440. The number of aliphatic imine (C=N–C) groups is 1. The number of thioether (sulfide) groups is 1. The number of hydrogen-bond acceptors (Lipinski definition) is 6. The Balaban J connectivity index is 1.76. The zero-order valence-corrected chi connectivity index (χ0v) is 18.6. The van der Waals surface area contributed by atoms with Gasteiger partial charge in [0.05, 0.1) is 28.3 Å². The number of para-hydroxylation sites is 2. The van der Waals surface area contributed by atoms with Gasteiger partial charge in [0.2, 0.25) is 10.0 Å². The highest BCUT2D eigenvalue weighted by Gasteiger charge is 2.34. The number of sulfonamides is 1. The van der Waals surface area contributed by atoms with Gasteiger partial charge in [-0.05, 0) is 60.3 Å². The third-order valence-electron chi connectivity index (χ3n) is 4.64. The molecule has 3 aromatic rings. The van der Waals surface area contributed by atoms with Crippen LogP contribution in [0.25, 0.3) is 6.08 Å². The highest BCUT2D eigenvalue weighted by atomic mass is 32.2. The normalized spacial score (nSPS) is 16.7. The number of carbonyl (C=O) groups is 1. The van der Waals surface area contributed by atoms with Gasteiger partial charge in [-0.25, -0.2) is 18.5 Å². The lowest BCUT2D eigenvalue weighted by Gasteiger charge is -2.15. The molecule has 7 nitrogen and oxygen atoms in total. The van der Waals surface area contributed by atoms with Crippen molar-refractivity contribution in [2.24, 2.45) is 10.1 Å². The average molecular weight is 466 g/mol. The fraction of sp³-hybridized carbons (Fsp3) is 0.0435. The highest BCUT2D eigenvalue weighted by Crippen LogP contribution is 2.38. The molecule has 0 spiro atoms. The topological polar surface area (TPSA) is 102 Å². The number of primary sulfonamides is 1. The molecule has 2 N–H and O–H groups in total. The Morgan fingerprint density at radius 3 is 2.28 bits per heavy atom. The Hall–Kier alpha value is -3.40. The third kappa shape index (κ3) is 4.59. The minimum atomic E-state index is -3.80. The van der Waals surface area contributed by atoms with Crippen molar-refractivity contribution in [3.8, 4) is 5.75 Å². The number of rotatable bonds is 5. The maximum absolute atomic E-state index is 13.3. The van der Waals surface area contributed by atoms with Crippen molar-refractivity contribution in [3.05, 3.63) is 89.3 Å². The molecule has 1 amide bonds. The van der Waals surface area contributed by atoms with Crippen LogP contribution < -0.4 is 14.8 Å². The van der Waals surface area contributed by atoms with Gasteiger partial charge in [-0.1, -0.05) is 36.4 Å². The molecule has 0 aromatic heterocycles. The SMILES string of the molecule is COc1ccccc1C=C1S/C(=N\c2ccc(S(N)(=O)=O)cc2)N(c2ccccc2)C1=O. The standard InChI is InChI=1S/C23H19N3O4S2/c1-30-20-10-6-5-7-16(20)15-21-22(27)26(18-8-3-2-4-9-18)23(31-21)25-17-11-13-19(14-12-17)32(24,28)29/h2-15H,1H3,(H2,24,28,29)/b21-15?,25-23-. The van der Waals surface area contributed by atoms with E-state index < -0.39 is 10.0 Å². The second kappa shape index (κ2) is 8.99. The summed E-state index contributed by atoms with van der Waals surface area (Å²) >= 11 is 1.23. The lowest BCUT2D eigenvalue weighted by molar-refractivity contribution is -0.113. The van der Waals surface area contributed by atoms with Crippen LogP contribution in [0.4, 0.5) is 11.4 Å². The van der Waals surface area contributed by atoms with Crippen LogP contribution in [-0.2, 0) is 14.8 Å². The number of benzene rings is 3. The predicted octanol–water partition coefficient (Wildman–Crippen LogP) is 4.15. The first-order chi connectivity index (χ1) is 15.4. The lowest BCUT2D eigenvalue weighted by atomic mass is 10.2. The number of methoxy groups -OCH3 is 1. The summed E-state index contributed by atoms with van der Waals surface area (Å²) in [6.07, 6.45) is 1.77. The van der Waals surface area contributed by atoms with Crippen molar-refractivity contribution >= 4 is 50.3 Å². The second-order valence-electron chi connectivity index (χ2n) is 6.76. The van der Waals surface area contributed by atoms with Gasteiger partial charge in [0, 0.05) is 5.56 Å². The molecule has 32 heavy (non-hydrogen) atoms. The van der Waals surface area contributed by atoms with Gasteiger partial charge in [0.25, 0.3) is 5.91 Å². The highest BCUT2D eigenvalue weighted by molar-refractivity contribution is 8.19. The van der Waals surface area contributed by atoms with Crippen molar-refractivity contribution < 1.29 is 17.9 Å². The number of amidine groups is 1. The predicted molar refractivity (Wildman–Crippen MR) is 127 cm³/mol. The Morgan fingerprint density at radius 1 is 0.969 bits per heavy atom. The van der Waals surface area contributed by atoms with Gasteiger partial charge in [0.15, 0.2) is 5.17 Å². The van der Waals surface area contributed by atoms with E-state index in [0.717, 1.165) is 5.56 Å².